The fourth-order valence-electron chi connectivity index (χ4n) is 2.64. The number of aryl methyl sites for hydroxylation is 2. The number of halogens is 1. The highest BCUT2D eigenvalue weighted by molar-refractivity contribution is 7.17. The number of anilines is 1. The van der Waals surface area contributed by atoms with Gasteiger partial charge in [0.2, 0.25) is 0 Å². The van der Waals surface area contributed by atoms with Gasteiger partial charge in [0.25, 0.3) is 5.91 Å². The fraction of sp³-hybridized carbons (Fsp3) is 0.105. The average molecular weight is 399 g/mol. The molecule has 3 heterocycles. The van der Waals surface area contributed by atoms with Crippen molar-refractivity contribution in [3.8, 4) is 21.8 Å². The average Bonchev–Trinajstić information content (AvgIpc) is 3.35. The summed E-state index contributed by atoms with van der Waals surface area (Å²) in [5.74, 6) is 0.907. The van der Waals surface area contributed by atoms with Crippen LogP contribution in [0, 0.1) is 19.7 Å². The van der Waals surface area contributed by atoms with Crippen LogP contribution in [-0.2, 0) is 0 Å². The second-order valence-corrected chi connectivity index (χ2v) is 7.72. The van der Waals surface area contributed by atoms with E-state index in [1.807, 2.05) is 25.3 Å². The number of furan rings is 1. The molecule has 4 rings (SSSR count). The van der Waals surface area contributed by atoms with Gasteiger partial charge in [-0.05, 0) is 32.0 Å². The molecule has 1 amide bonds. The highest BCUT2D eigenvalue weighted by atomic mass is 32.1. The molecule has 0 atom stereocenters. The molecule has 5 nitrogen and oxygen atoms in total. The van der Waals surface area contributed by atoms with Gasteiger partial charge in [-0.3, -0.25) is 10.1 Å². The Hall–Kier alpha value is -2.84. The number of amides is 1. The van der Waals surface area contributed by atoms with Crippen LogP contribution in [0.1, 0.15) is 21.2 Å². The maximum absolute atomic E-state index is 13.9. The van der Waals surface area contributed by atoms with E-state index >= 15 is 0 Å². The van der Waals surface area contributed by atoms with Crippen molar-refractivity contribution in [2.24, 2.45) is 0 Å². The Morgan fingerprint density at radius 1 is 1.22 bits per heavy atom. The van der Waals surface area contributed by atoms with Gasteiger partial charge in [-0.15, -0.1) is 22.7 Å². The highest BCUT2D eigenvalue weighted by Gasteiger charge is 2.16. The SMILES string of the molecule is Cc1cc(-c2csc(NC(=O)c3cnc(-c4ccccc4F)s3)n2)c(C)o1. The minimum absolute atomic E-state index is 0.323. The van der Waals surface area contributed by atoms with Crippen LogP contribution in [-0.4, -0.2) is 15.9 Å². The van der Waals surface area contributed by atoms with Crippen molar-refractivity contribution in [3.05, 3.63) is 64.1 Å². The number of nitrogens with one attached hydrogen (secondary N) is 1. The molecule has 27 heavy (non-hydrogen) atoms. The van der Waals surface area contributed by atoms with Gasteiger partial charge in [0.15, 0.2) is 5.13 Å². The van der Waals surface area contributed by atoms with Crippen molar-refractivity contribution in [1.82, 2.24) is 9.97 Å². The van der Waals surface area contributed by atoms with Crippen LogP contribution in [0.3, 0.4) is 0 Å². The van der Waals surface area contributed by atoms with Crippen LogP contribution in [0.4, 0.5) is 9.52 Å². The number of benzene rings is 1. The Kier molecular flexibility index (Phi) is 4.59. The Balaban J connectivity index is 1.52. The summed E-state index contributed by atoms with van der Waals surface area (Å²) in [6.45, 7) is 3.75. The molecule has 0 saturated carbocycles. The van der Waals surface area contributed by atoms with Crippen LogP contribution >= 0.6 is 22.7 Å². The Morgan fingerprint density at radius 2 is 2.04 bits per heavy atom. The van der Waals surface area contributed by atoms with Crippen molar-refractivity contribution in [2.75, 3.05) is 5.32 Å². The van der Waals surface area contributed by atoms with Crippen molar-refractivity contribution in [1.29, 1.82) is 0 Å². The van der Waals surface area contributed by atoms with E-state index in [0.29, 0.717) is 20.6 Å². The van der Waals surface area contributed by atoms with Gasteiger partial charge in [-0.1, -0.05) is 12.1 Å². The van der Waals surface area contributed by atoms with Gasteiger partial charge < -0.3 is 4.42 Å². The lowest BCUT2D eigenvalue weighted by atomic mass is 10.2. The Bertz CT molecular complexity index is 1130. The highest BCUT2D eigenvalue weighted by Crippen LogP contribution is 2.31. The lowest BCUT2D eigenvalue weighted by molar-refractivity contribution is 0.103. The summed E-state index contributed by atoms with van der Waals surface area (Å²) in [4.78, 5) is 21.5. The third kappa shape index (κ3) is 3.54. The molecule has 0 saturated heterocycles. The maximum Gasteiger partial charge on any atom is 0.269 e. The van der Waals surface area contributed by atoms with E-state index in [0.717, 1.165) is 34.1 Å². The molecule has 8 heteroatoms. The first kappa shape index (κ1) is 17.6. The minimum Gasteiger partial charge on any atom is -0.466 e. The van der Waals surface area contributed by atoms with E-state index in [9.17, 15) is 9.18 Å². The molecule has 3 aromatic heterocycles. The summed E-state index contributed by atoms with van der Waals surface area (Å²) in [5.41, 5.74) is 2.04. The van der Waals surface area contributed by atoms with E-state index in [4.69, 9.17) is 4.42 Å². The number of nitrogens with zero attached hydrogens (tertiary/aromatic N) is 2. The molecule has 4 aromatic rings. The van der Waals surface area contributed by atoms with Gasteiger partial charge in [-0.25, -0.2) is 14.4 Å². The number of carbonyl (C=O) groups is 1. The van der Waals surface area contributed by atoms with Crippen molar-refractivity contribution >= 4 is 33.7 Å². The van der Waals surface area contributed by atoms with Crippen molar-refractivity contribution < 1.29 is 13.6 Å². The van der Waals surface area contributed by atoms with E-state index in [-0.39, 0.29) is 11.7 Å². The third-order valence-electron chi connectivity index (χ3n) is 3.88. The number of hydrogen-bond donors (Lipinski definition) is 1. The summed E-state index contributed by atoms with van der Waals surface area (Å²) in [5, 5.41) is 5.58. The number of rotatable bonds is 4. The van der Waals surface area contributed by atoms with E-state index in [1.165, 1.54) is 23.6 Å². The smallest absolute Gasteiger partial charge is 0.269 e. The van der Waals surface area contributed by atoms with Gasteiger partial charge >= 0.3 is 0 Å². The van der Waals surface area contributed by atoms with Crippen molar-refractivity contribution in [3.63, 3.8) is 0 Å². The topological polar surface area (TPSA) is 68.0 Å². The summed E-state index contributed by atoms with van der Waals surface area (Å²) in [6.07, 6.45) is 1.44. The van der Waals surface area contributed by atoms with Crippen LogP contribution in [0.15, 0.2) is 46.3 Å². The zero-order chi connectivity index (χ0) is 19.0. The number of thiazole rings is 2. The van der Waals surface area contributed by atoms with Gasteiger partial charge in [0.1, 0.15) is 27.2 Å². The molecule has 1 aromatic carbocycles. The van der Waals surface area contributed by atoms with Crippen LogP contribution in [0.5, 0.6) is 0 Å². The largest absolute Gasteiger partial charge is 0.466 e. The van der Waals surface area contributed by atoms with Crippen LogP contribution < -0.4 is 5.32 Å². The normalized spacial score (nSPS) is 10.9. The molecule has 0 bridgehead atoms. The van der Waals surface area contributed by atoms with Crippen molar-refractivity contribution in [2.45, 2.75) is 13.8 Å². The third-order valence-corrected chi connectivity index (χ3v) is 5.66. The number of aromatic nitrogens is 2. The van der Waals surface area contributed by atoms with Gasteiger partial charge in [0, 0.05) is 16.5 Å². The lowest BCUT2D eigenvalue weighted by Gasteiger charge is -1.98. The molecule has 0 radical (unpaired) electrons. The van der Waals surface area contributed by atoms with E-state index in [2.05, 4.69) is 15.3 Å². The van der Waals surface area contributed by atoms with Gasteiger partial charge in [-0.2, -0.15) is 0 Å². The summed E-state index contributed by atoms with van der Waals surface area (Å²) < 4.78 is 19.4. The first-order valence-electron chi connectivity index (χ1n) is 8.06. The van der Waals surface area contributed by atoms with Crippen LogP contribution in [0.2, 0.25) is 0 Å². The zero-order valence-electron chi connectivity index (χ0n) is 14.4. The van der Waals surface area contributed by atoms with Crippen LogP contribution in [0.25, 0.3) is 21.8 Å². The Morgan fingerprint density at radius 3 is 2.78 bits per heavy atom. The lowest BCUT2D eigenvalue weighted by Crippen LogP contribution is -2.09. The predicted octanol–water partition coefficient (Wildman–Crippen LogP) is 5.53. The molecule has 0 fully saturated rings. The second-order valence-electron chi connectivity index (χ2n) is 5.83. The van der Waals surface area contributed by atoms with Gasteiger partial charge in [0.05, 0.1) is 11.9 Å². The number of hydrogen-bond acceptors (Lipinski definition) is 6. The molecule has 136 valence electrons. The quantitative estimate of drug-likeness (QED) is 0.490. The molecule has 0 unspecified atom stereocenters. The number of carbonyl (C=O) groups excluding carboxylic acids is 1. The molecule has 1 N–H and O–H groups in total. The predicted molar refractivity (Wildman–Crippen MR) is 105 cm³/mol. The molecule has 0 aliphatic rings. The molecule has 0 spiro atoms. The summed E-state index contributed by atoms with van der Waals surface area (Å²) >= 11 is 2.47. The fourth-order valence-corrected chi connectivity index (χ4v) is 4.18. The Labute approximate surface area is 162 Å². The van der Waals surface area contributed by atoms with E-state index in [1.54, 1.807) is 18.2 Å². The van der Waals surface area contributed by atoms with E-state index < -0.39 is 0 Å². The standard InChI is InChI=1S/C19H14FN3O2S2/c1-10-7-13(11(2)25-10)15-9-26-19(22-15)23-17(24)16-8-21-18(27-16)12-5-3-4-6-14(12)20/h3-9H,1-2H3,(H,22,23,24). The monoisotopic (exact) mass is 399 g/mol. The summed E-state index contributed by atoms with van der Waals surface area (Å²) in [6, 6.07) is 8.27. The zero-order valence-corrected chi connectivity index (χ0v) is 16.1. The summed E-state index contributed by atoms with van der Waals surface area (Å²) in [7, 11) is 0. The molecule has 0 aliphatic carbocycles. The first-order chi connectivity index (χ1) is 13.0. The molecule has 0 aliphatic heterocycles. The minimum atomic E-state index is -0.367. The molecular weight excluding hydrogens is 385 g/mol. The first-order valence-corrected chi connectivity index (χ1v) is 9.76. The maximum atomic E-state index is 13.9. The second kappa shape index (κ2) is 7.05. The molecular formula is C19H14FN3O2S2.